The summed E-state index contributed by atoms with van der Waals surface area (Å²) in [7, 11) is -3.77. The van der Waals surface area contributed by atoms with Crippen molar-refractivity contribution in [2.75, 3.05) is 10.5 Å². The van der Waals surface area contributed by atoms with Crippen molar-refractivity contribution in [2.45, 2.75) is 19.0 Å². The first kappa shape index (κ1) is 15.6. The highest BCUT2D eigenvalue weighted by Crippen LogP contribution is 2.33. The Labute approximate surface area is 118 Å². The van der Waals surface area contributed by atoms with Crippen molar-refractivity contribution < 1.29 is 31.5 Å². The molecule has 0 aliphatic heterocycles. The summed E-state index contributed by atoms with van der Waals surface area (Å²) in [5.41, 5.74) is -2.25. The molecule has 1 aromatic rings. The van der Waals surface area contributed by atoms with E-state index in [0.717, 1.165) is 18.9 Å². The second kappa shape index (κ2) is 5.21. The van der Waals surface area contributed by atoms with Crippen LogP contribution in [0, 0.1) is 5.92 Å². The molecule has 0 aromatic heterocycles. The fourth-order valence-corrected chi connectivity index (χ4v) is 3.34. The molecule has 2 N–H and O–H groups in total. The zero-order valence-electron chi connectivity index (χ0n) is 10.6. The minimum Gasteiger partial charge on any atom is -0.478 e. The molecular weight excluding hydrogens is 311 g/mol. The second-order valence-electron chi connectivity index (χ2n) is 4.89. The smallest absolute Gasteiger partial charge is 0.416 e. The minimum atomic E-state index is -4.70. The maximum absolute atomic E-state index is 12.5. The number of sulfonamides is 1. The highest BCUT2D eigenvalue weighted by Gasteiger charge is 2.33. The molecule has 21 heavy (non-hydrogen) atoms. The third-order valence-electron chi connectivity index (χ3n) is 2.99. The van der Waals surface area contributed by atoms with Crippen LogP contribution in [0.4, 0.5) is 18.9 Å². The molecule has 0 spiro atoms. The molecule has 5 nitrogen and oxygen atoms in total. The van der Waals surface area contributed by atoms with Crippen molar-refractivity contribution in [2.24, 2.45) is 5.92 Å². The van der Waals surface area contributed by atoms with Crippen LogP contribution in [0.3, 0.4) is 0 Å². The summed E-state index contributed by atoms with van der Waals surface area (Å²) in [5.74, 6) is -1.76. The van der Waals surface area contributed by atoms with Crippen LogP contribution in [0.2, 0.25) is 0 Å². The van der Waals surface area contributed by atoms with Crippen LogP contribution in [0.15, 0.2) is 18.2 Å². The molecule has 1 saturated carbocycles. The standard InChI is InChI=1S/C12H12F3NO4S/c13-12(14,15)8-3-4-10(9(5-8)11(17)18)16-21(19,20)6-7-1-2-7/h3-5,7,16H,1-2,6H2,(H,17,18). The third kappa shape index (κ3) is 4.10. The lowest BCUT2D eigenvalue weighted by Crippen LogP contribution is -2.20. The van der Waals surface area contributed by atoms with Crippen molar-refractivity contribution in [3.8, 4) is 0 Å². The summed E-state index contributed by atoms with van der Waals surface area (Å²) >= 11 is 0. The van der Waals surface area contributed by atoms with Gasteiger partial charge in [-0.1, -0.05) is 0 Å². The van der Waals surface area contributed by atoms with E-state index in [-0.39, 0.29) is 17.4 Å². The number of carboxylic acid groups (broad SMARTS) is 1. The molecule has 9 heteroatoms. The van der Waals surface area contributed by atoms with Gasteiger partial charge in [-0.2, -0.15) is 13.2 Å². The van der Waals surface area contributed by atoms with Gasteiger partial charge in [-0.25, -0.2) is 13.2 Å². The van der Waals surface area contributed by atoms with E-state index in [0.29, 0.717) is 12.1 Å². The maximum atomic E-state index is 12.5. The van der Waals surface area contributed by atoms with Crippen molar-refractivity contribution in [3.63, 3.8) is 0 Å². The molecular formula is C12H12F3NO4S. The van der Waals surface area contributed by atoms with E-state index in [1.54, 1.807) is 0 Å². The fourth-order valence-electron chi connectivity index (χ4n) is 1.79. The highest BCUT2D eigenvalue weighted by molar-refractivity contribution is 7.92. The lowest BCUT2D eigenvalue weighted by molar-refractivity contribution is -0.137. The van der Waals surface area contributed by atoms with Gasteiger partial charge in [0.1, 0.15) is 0 Å². The molecule has 2 rings (SSSR count). The van der Waals surface area contributed by atoms with Crippen molar-refractivity contribution in [3.05, 3.63) is 29.3 Å². The molecule has 1 fully saturated rings. The highest BCUT2D eigenvalue weighted by atomic mass is 32.2. The number of aromatic carboxylic acids is 1. The Kier molecular flexibility index (Phi) is 3.87. The summed E-state index contributed by atoms with van der Waals surface area (Å²) in [6.07, 6.45) is -3.14. The average molecular weight is 323 g/mol. The Hall–Kier alpha value is -1.77. The van der Waals surface area contributed by atoms with E-state index in [2.05, 4.69) is 0 Å². The normalized spacial score (nSPS) is 15.8. The molecule has 0 bridgehead atoms. The molecule has 1 aromatic carbocycles. The van der Waals surface area contributed by atoms with E-state index < -0.39 is 33.3 Å². The Morgan fingerprint density at radius 2 is 1.95 bits per heavy atom. The molecule has 116 valence electrons. The van der Waals surface area contributed by atoms with Gasteiger partial charge in [0.05, 0.1) is 22.6 Å². The molecule has 0 saturated heterocycles. The number of halogens is 3. The van der Waals surface area contributed by atoms with Gasteiger partial charge in [0, 0.05) is 0 Å². The van der Waals surface area contributed by atoms with Gasteiger partial charge in [0.25, 0.3) is 0 Å². The predicted octanol–water partition coefficient (Wildman–Crippen LogP) is 2.56. The average Bonchev–Trinajstić information content (AvgIpc) is 3.10. The Morgan fingerprint density at radius 1 is 1.33 bits per heavy atom. The first-order chi connectivity index (χ1) is 9.58. The number of hydrogen-bond acceptors (Lipinski definition) is 3. The SMILES string of the molecule is O=C(O)c1cc(C(F)(F)F)ccc1NS(=O)(=O)CC1CC1. The van der Waals surface area contributed by atoms with E-state index in [9.17, 15) is 26.4 Å². The monoisotopic (exact) mass is 323 g/mol. The number of carboxylic acids is 1. The van der Waals surface area contributed by atoms with Crippen LogP contribution in [-0.2, 0) is 16.2 Å². The van der Waals surface area contributed by atoms with Crippen molar-refractivity contribution >= 4 is 21.7 Å². The van der Waals surface area contributed by atoms with Gasteiger partial charge in [0.15, 0.2) is 0 Å². The molecule has 0 atom stereocenters. The van der Waals surface area contributed by atoms with E-state index in [1.165, 1.54) is 0 Å². The Balaban J connectivity index is 2.32. The fraction of sp³-hybridized carbons (Fsp3) is 0.417. The summed E-state index contributed by atoms with van der Waals surface area (Å²) in [5, 5.41) is 8.94. The summed E-state index contributed by atoms with van der Waals surface area (Å²) in [6, 6.07) is 1.87. The number of carbonyl (C=O) groups is 1. The number of benzene rings is 1. The Morgan fingerprint density at radius 3 is 2.43 bits per heavy atom. The van der Waals surface area contributed by atoms with Gasteiger partial charge in [-0.05, 0) is 37.0 Å². The first-order valence-electron chi connectivity index (χ1n) is 6.03. The van der Waals surface area contributed by atoms with Crippen LogP contribution in [-0.4, -0.2) is 25.2 Å². The Bertz CT molecular complexity index is 666. The second-order valence-corrected chi connectivity index (χ2v) is 6.66. The number of alkyl halides is 3. The molecule has 1 aliphatic carbocycles. The van der Waals surface area contributed by atoms with Gasteiger partial charge in [-0.15, -0.1) is 0 Å². The predicted molar refractivity (Wildman–Crippen MR) is 68.5 cm³/mol. The molecule has 1 aliphatic rings. The summed E-state index contributed by atoms with van der Waals surface area (Å²) < 4.78 is 63.3. The zero-order valence-corrected chi connectivity index (χ0v) is 11.5. The molecule has 0 radical (unpaired) electrons. The third-order valence-corrected chi connectivity index (χ3v) is 4.44. The summed E-state index contributed by atoms with van der Waals surface area (Å²) in [6.45, 7) is 0. The van der Waals surface area contributed by atoms with Crippen LogP contribution in [0.1, 0.15) is 28.8 Å². The van der Waals surface area contributed by atoms with Gasteiger partial charge in [0.2, 0.25) is 10.0 Å². The van der Waals surface area contributed by atoms with Gasteiger partial charge >= 0.3 is 12.1 Å². The van der Waals surface area contributed by atoms with Crippen molar-refractivity contribution in [1.29, 1.82) is 0 Å². The van der Waals surface area contributed by atoms with E-state index in [4.69, 9.17) is 5.11 Å². The van der Waals surface area contributed by atoms with Crippen LogP contribution < -0.4 is 4.72 Å². The van der Waals surface area contributed by atoms with Crippen LogP contribution >= 0.6 is 0 Å². The maximum Gasteiger partial charge on any atom is 0.416 e. The zero-order chi connectivity index (χ0) is 15.8. The van der Waals surface area contributed by atoms with E-state index >= 15 is 0 Å². The number of nitrogens with one attached hydrogen (secondary N) is 1. The lowest BCUT2D eigenvalue weighted by Gasteiger charge is -2.13. The largest absolute Gasteiger partial charge is 0.478 e. The van der Waals surface area contributed by atoms with Crippen LogP contribution in [0.5, 0.6) is 0 Å². The summed E-state index contributed by atoms with van der Waals surface area (Å²) in [4.78, 5) is 11.0. The molecule has 0 heterocycles. The van der Waals surface area contributed by atoms with Gasteiger partial charge in [-0.3, -0.25) is 4.72 Å². The quantitative estimate of drug-likeness (QED) is 0.872. The van der Waals surface area contributed by atoms with Gasteiger partial charge < -0.3 is 5.11 Å². The lowest BCUT2D eigenvalue weighted by atomic mass is 10.1. The first-order valence-corrected chi connectivity index (χ1v) is 7.69. The topological polar surface area (TPSA) is 83.5 Å². The van der Waals surface area contributed by atoms with E-state index in [1.807, 2.05) is 4.72 Å². The number of rotatable bonds is 5. The number of hydrogen-bond donors (Lipinski definition) is 2. The molecule has 0 amide bonds. The van der Waals surface area contributed by atoms with Crippen LogP contribution in [0.25, 0.3) is 0 Å². The van der Waals surface area contributed by atoms with Crippen molar-refractivity contribution in [1.82, 2.24) is 0 Å². The number of anilines is 1. The molecule has 0 unspecified atom stereocenters. The minimum absolute atomic E-state index is 0.0326.